The monoisotopic (exact) mass is 189 g/mol. The second-order valence-corrected chi connectivity index (χ2v) is 2.71. The first kappa shape index (κ1) is 13.6. The normalized spacial score (nSPS) is 11.8. The van der Waals surface area contributed by atoms with Crippen LogP contribution in [-0.2, 0) is 4.79 Å². The van der Waals surface area contributed by atoms with E-state index in [1.165, 1.54) is 0 Å². The summed E-state index contributed by atoms with van der Waals surface area (Å²) in [4.78, 5) is 10.1. The van der Waals surface area contributed by atoms with Gasteiger partial charge in [0.15, 0.2) is 0 Å². The van der Waals surface area contributed by atoms with E-state index in [9.17, 15) is 4.79 Å². The molecule has 0 aliphatic heterocycles. The van der Waals surface area contributed by atoms with Gasteiger partial charge in [-0.25, -0.2) is 0 Å². The maximum absolute atomic E-state index is 10.1. The number of nitrogens with two attached hydrogens (primary N) is 1. The van der Waals surface area contributed by atoms with Crippen LogP contribution in [-0.4, -0.2) is 66.9 Å². The molecule has 0 heterocycles. The van der Waals surface area contributed by atoms with Crippen LogP contribution in [0.25, 0.3) is 0 Å². The van der Waals surface area contributed by atoms with E-state index in [2.05, 4.69) is 0 Å². The number of hydrogen-bond donors (Lipinski definition) is 2. The van der Waals surface area contributed by atoms with E-state index < -0.39 is 12.0 Å². The summed E-state index contributed by atoms with van der Waals surface area (Å²) < 4.78 is 0. The third-order valence-corrected chi connectivity index (χ3v) is 1.59. The number of thioether (sulfide) groups is 1. The molecule has 0 aromatic carbocycles. The maximum Gasteiger partial charge on any atom is 0.320 e. The van der Waals surface area contributed by atoms with E-state index in [0.29, 0.717) is 6.42 Å². The number of hydrogen-bond acceptors (Lipinski definition) is 3. The summed E-state index contributed by atoms with van der Waals surface area (Å²) in [5.41, 5.74) is 5.19. The molecule has 5 heteroatoms. The van der Waals surface area contributed by atoms with Crippen molar-refractivity contribution < 1.29 is 9.90 Å². The molecule has 0 saturated carbocycles. The molecule has 56 valence electrons. The number of carboxylic acid groups (broad SMARTS) is 1. The van der Waals surface area contributed by atoms with Gasteiger partial charge in [0.2, 0.25) is 0 Å². The summed E-state index contributed by atoms with van der Waals surface area (Å²) in [6.07, 6.45) is 2.48. The Bertz CT molecular complexity index is 102. The Labute approximate surface area is 94.7 Å². The van der Waals surface area contributed by atoms with Crippen molar-refractivity contribution >= 4 is 55.5 Å². The first-order valence-electron chi connectivity index (χ1n) is 2.65. The molecule has 0 aromatic heterocycles. The van der Waals surface area contributed by atoms with Crippen LogP contribution in [0.4, 0.5) is 0 Å². The van der Waals surface area contributed by atoms with Gasteiger partial charge >= 0.3 is 5.97 Å². The smallest absolute Gasteiger partial charge is 0.320 e. The van der Waals surface area contributed by atoms with E-state index >= 15 is 0 Å². The Morgan fingerprint density at radius 2 is 2.30 bits per heavy atom. The van der Waals surface area contributed by atoms with Crippen LogP contribution >= 0.6 is 11.8 Å². The van der Waals surface area contributed by atoms with E-state index in [0.717, 1.165) is 5.75 Å². The fraction of sp³-hybridized carbons (Fsp3) is 0.800. The molecular formula is C5H11CaNO2S. The molecule has 3 nitrogen and oxygen atoms in total. The Balaban J connectivity index is 0. The summed E-state index contributed by atoms with van der Waals surface area (Å²) in [5, 5.41) is 8.27. The molecule has 0 fully saturated rings. The number of aliphatic carboxylic acids is 1. The van der Waals surface area contributed by atoms with E-state index in [4.69, 9.17) is 10.8 Å². The molecule has 3 N–H and O–H groups in total. The zero-order valence-electron chi connectivity index (χ0n) is 6.04. The zero-order valence-corrected chi connectivity index (χ0v) is 9.06. The molecule has 10 heavy (non-hydrogen) atoms. The standard InChI is InChI=1S/C5H11NO2S.Ca/c1-9-3-2-4(6)5(7)8;/h4H,2-3,6H2,1H3,(H,7,8);. The second-order valence-electron chi connectivity index (χ2n) is 1.73. The van der Waals surface area contributed by atoms with Gasteiger partial charge in [0.05, 0.1) is 0 Å². The summed E-state index contributed by atoms with van der Waals surface area (Å²) in [6, 6.07) is -0.683. The first-order valence-corrected chi connectivity index (χ1v) is 4.05. The van der Waals surface area contributed by atoms with Crippen LogP contribution < -0.4 is 5.73 Å². The van der Waals surface area contributed by atoms with Crippen molar-refractivity contribution in [2.75, 3.05) is 12.0 Å². The maximum atomic E-state index is 10.1. The molecular weight excluding hydrogens is 178 g/mol. The van der Waals surface area contributed by atoms with Crippen LogP contribution in [0.1, 0.15) is 6.42 Å². The molecule has 0 saturated heterocycles. The molecule has 0 spiro atoms. The number of carboxylic acids is 1. The van der Waals surface area contributed by atoms with Crippen LogP contribution in [0.2, 0.25) is 0 Å². The fourth-order valence-corrected chi connectivity index (χ4v) is 0.858. The Morgan fingerprint density at radius 3 is 2.60 bits per heavy atom. The zero-order chi connectivity index (χ0) is 7.28. The largest absolute Gasteiger partial charge is 0.480 e. The van der Waals surface area contributed by atoms with Crippen molar-refractivity contribution in [2.24, 2.45) is 5.73 Å². The minimum absolute atomic E-state index is 0. The first-order chi connectivity index (χ1) is 4.18. The second kappa shape index (κ2) is 8.14. The molecule has 1 unspecified atom stereocenters. The van der Waals surface area contributed by atoms with Gasteiger partial charge < -0.3 is 10.8 Å². The van der Waals surface area contributed by atoms with E-state index in [-0.39, 0.29) is 37.7 Å². The van der Waals surface area contributed by atoms with Gasteiger partial charge in [0.1, 0.15) is 6.04 Å². The van der Waals surface area contributed by atoms with Crippen molar-refractivity contribution in [3.63, 3.8) is 0 Å². The minimum atomic E-state index is -0.913. The van der Waals surface area contributed by atoms with Crippen molar-refractivity contribution in [3.8, 4) is 0 Å². The molecule has 2 radical (unpaired) electrons. The Kier molecular flexibility index (Phi) is 11.1. The van der Waals surface area contributed by atoms with Crippen LogP contribution in [0.3, 0.4) is 0 Å². The summed E-state index contributed by atoms with van der Waals surface area (Å²) in [7, 11) is 0. The van der Waals surface area contributed by atoms with Crippen LogP contribution in [0.15, 0.2) is 0 Å². The predicted molar refractivity (Wildman–Crippen MR) is 44.4 cm³/mol. The van der Waals surface area contributed by atoms with Crippen molar-refractivity contribution in [2.45, 2.75) is 12.5 Å². The molecule has 0 rings (SSSR count). The van der Waals surface area contributed by atoms with Gasteiger partial charge in [0, 0.05) is 37.7 Å². The summed E-state index contributed by atoms with van der Waals surface area (Å²) in [5.74, 6) is -0.1000. The molecule has 1 atom stereocenters. The van der Waals surface area contributed by atoms with Gasteiger partial charge in [-0.2, -0.15) is 11.8 Å². The minimum Gasteiger partial charge on any atom is -0.480 e. The predicted octanol–water partition coefficient (Wildman–Crippen LogP) is -0.229. The molecule has 0 bridgehead atoms. The van der Waals surface area contributed by atoms with Crippen molar-refractivity contribution in [3.05, 3.63) is 0 Å². The fourth-order valence-electron chi connectivity index (χ4n) is 0.368. The quantitative estimate of drug-likeness (QED) is 0.600. The average molecular weight is 189 g/mol. The Hall–Kier alpha value is 1.04. The number of rotatable bonds is 4. The summed E-state index contributed by atoms with van der Waals surface area (Å²) >= 11 is 1.60. The van der Waals surface area contributed by atoms with Gasteiger partial charge in [-0.3, -0.25) is 4.79 Å². The Morgan fingerprint density at radius 1 is 1.80 bits per heavy atom. The summed E-state index contributed by atoms with van der Waals surface area (Å²) in [6.45, 7) is 0. The van der Waals surface area contributed by atoms with E-state index in [1.54, 1.807) is 11.8 Å². The van der Waals surface area contributed by atoms with Gasteiger partial charge in [-0.1, -0.05) is 0 Å². The van der Waals surface area contributed by atoms with Gasteiger partial charge in [-0.05, 0) is 18.4 Å². The number of carbonyl (C=O) groups is 1. The third kappa shape index (κ3) is 7.15. The average Bonchev–Trinajstić information content (AvgIpc) is 1.82. The van der Waals surface area contributed by atoms with Gasteiger partial charge in [0.25, 0.3) is 0 Å². The topological polar surface area (TPSA) is 63.3 Å². The van der Waals surface area contributed by atoms with Crippen LogP contribution in [0.5, 0.6) is 0 Å². The molecule has 0 aliphatic carbocycles. The molecule has 0 amide bonds. The SMILES string of the molecule is CSCCC(N)C(=O)O.[Ca]. The van der Waals surface area contributed by atoms with Crippen molar-refractivity contribution in [1.82, 2.24) is 0 Å². The molecule has 0 aliphatic rings. The van der Waals surface area contributed by atoms with Crippen molar-refractivity contribution in [1.29, 1.82) is 0 Å². The molecule has 0 aromatic rings. The third-order valence-electron chi connectivity index (χ3n) is 0.950. The van der Waals surface area contributed by atoms with E-state index in [1.807, 2.05) is 6.26 Å². The van der Waals surface area contributed by atoms with Crippen LogP contribution in [0, 0.1) is 0 Å². The van der Waals surface area contributed by atoms with Gasteiger partial charge in [-0.15, -0.1) is 0 Å².